The summed E-state index contributed by atoms with van der Waals surface area (Å²) in [6.45, 7) is 0.232. The van der Waals surface area contributed by atoms with Crippen molar-refractivity contribution in [3.8, 4) is 5.75 Å². The first-order valence-corrected chi connectivity index (χ1v) is 7.96. The monoisotopic (exact) mass is 365 g/mol. The molecule has 0 aliphatic rings. The fraction of sp³-hybridized carbons (Fsp3) is 0.222. The van der Waals surface area contributed by atoms with Crippen LogP contribution in [-0.4, -0.2) is 17.0 Å². The Hall–Kier alpha value is -2.60. The van der Waals surface area contributed by atoms with Gasteiger partial charge in [-0.25, -0.2) is 4.39 Å². The number of carboxylic acids is 1. The third-order valence-corrected chi connectivity index (χ3v) is 3.75. The summed E-state index contributed by atoms with van der Waals surface area (Å²) in [5.74, 6) is -1.28. The molecule has 2 N–H and O–H groups in total. The molecule has 2 aromatic carbocycles. The highest BCUT2D eigenvalue weighted by Crippen LogP contribution is 2.22. The van der Waals surface area contributed by atoms with Crippen molar-refractivity contribution in [3.05, 3.63) is 64.4 Å². The van der Waals surface area contributed by atoms with Crippen LogP contribution in [0.15, 0.2) is 42.5 Å². The van der Waals surface area contributed by atoms with Crippen molar-refractivity contribution in [3.63, 3.8) is 0 Å². The summed E-state index contributed by atoms with van der Waals surface area (Å²) in [6, 6.07) is 11.4. The Bertz CT molecular complexity index is 746. The van der Waals surface area contributed by atoms with Gasteiger partial charge < -0.3 is 15.2 Å². The first-order chi connectivity index (χ1) is 12.0. The molecular formula is C18H17ClFNO4. The number of hydrogen-bond acceptors (Lipinski definition) is 3. The Balaban J connectivity index is 1.90. The molecule has 0 bridgehead atoms. The van der Waals surface area contributed by atoms with E-state index in [2.05, 4.69) is 5.32 Å². The first kappa shape index (κ1) is 18.7. The average molecular weight is 366 g/mol. The number of amides is 1. The molecule has 0 heterocycles. The maximum absolute atomic E-state index is 13.7. The quantitative estimate of drug-likeness (QED) is 0.750. The van der Waals surface area contributed by atoms with E-state index in [0.29, 0.717) is 10.8 Å². The lowest BCUT2D eigenvalue weighted by atomic mass is 10.2. The Morgan fingerprint density at radius 3 is 2.64 bits per heavy atom. The van der Waals surface area contributed by atoms with Gasteiger partial charge in [0.2, 0.25) is 5.91 Å². The second-order valence-corrected chi connectivity index (χ2v) is 5.71. The minimum atomic E-state index is -1.02. The number of carbonyl (C=O) groups excluding carboxylic acids is 1. The average Bonchev–Trinajstić information content (AvgIpc) is 2.58. The second kappa shape index (κ2) is 9.03. The molecule has 0 unspecified atom stereocenters. The van der Waals surface area contributed by atoms with Crippen LogP contribution >= 0.6 is 11.6 Å². The van der Waals surface area contributed by atoms with Crippen LogP contribution in [0.4, 0.5) is 4.39 Å². The van der Waals surface area contributed by atoms with Crippen LogP contribution in [0.3, 0.4) is 0 Å². The second-order valence-electron chi connectivity index (χ2n) is 5.31. The predicted molar refractivity (Wildman–Crippen MR) is 90.9 cm³/mol. The Morgan fingerprint density at radius 1 is 1.16 bits per heavy atom. The first-order valence-electron chi connectivity index (χ1n) is 7.59. The molecule has 0 fully saturated rings. The minimum Gasteiger partial charge on any atom is -0.489 e. The van der Waals surface area contributed by atoms with Crippen molar-refractivity contribution in [2.75, 3.05) is 0 Å². The molecule has 1 amide bonds. The number of hydrogen-bond donors (Lipinski definition) is 2. The number of nitrogens with one attached hydrogen (secondary N) is 1. The fourth-order valence-electron chi connectivity index (χ4n) is 2.08. The van der Waals surface area contributed by atoms with E-state index < -0.39 is 11.8 Å². The standard InChI is InChI=1S/C18H17ClFNO4/c19-15-5-2-6-16(20)14(15)11-25-13-4-1-3-12(9-13)10-21-17(22)7-8-18(23)24/h1-6,9H,7-8,10-11H2,(H,21,22)(H,23,24). The number of aliphatic carboxylic acids is 1. The van der Waals surface area contributed by atoms with Gasteiger partial charge in [0.25, 0.3) is 0 Å². The van der Waals surface area contributed by atoms with E-state index in [1.54, 1.807) is 30.3 Å². The van der Waals surface area contributed by atoms with Crippen LogP contribution in [0.2, 0.25) is 5.02 Å². The Morgan fingerprint density at radius 2 is 1.92 bits per heavy atom. The molecule has 0 atom stereocenters. The lowest BCUT2D eigenvalue weighted by Gasteiger charge is -2.10. The van der Waals surface area contributed by atoms with E-state index in [0.717, 1.165) is 5.56 Å². The van der Waals surface area contributed by atoms with Gasteiger partial charge >= 0.3 is 5.97 Å². The van der Waals surface area contributed by atoms with Crippen LogP contribution in [0, 0.1) is 5.82 Å². The van der Waals surface area contributed by atoms with E-state index in [-0.39, 0.29) is 37.5 Å². The number of carbonyl (C=O) groups is 2. The van der Waals surface area contributed by atoms with Crippen molar-refractivity contribution in [1.82, 2.24) is 5.32 Å². The largest absolute Gasteiger partial charge is 0.489 e. The predicted octanol–water partition coefficient (Wildman–Crippen LogP) is 3.54. The molecule has 0 radical (unpaired) electrons. The summed E-state index contributed by atoms with van der Waals surface area (Å²) < 4.78 is 19.3. The molecule has 7 heteroatoms. The van der Waals surface area contributed by atoms with Crippen molar-refractivity contribution in [2.24, 2.45) is 0 Å². The summed E-state index contributed by atoms with van der Waals surface area (Å²) in [4.78, 5) is 22.0. The zero-order valence-corrected chi connectivity index (χ0v) is 14.1. The van der Waals surface area contributed by atoms with Crippen LogP contribution in [0.1, 0.15) is 24.0 Å². The van der Waals surface area contributed by atoms with Gasteiger partial charge in [-0.1, -0.05) is 29.8 Å². The van der Waals surface area contributed by atoms with Crippen molar-refractivity contribution in [2.45, 2.75) is 26.0 Å². The van der Waals surface area contributed by atoms with Gasteiger partial charge in [-0.3, -0.25) is 9.59 Å². The van der Waals surface area contributed by atoms with Crippen molar-refractivity contribution < 1.29 is 23.8 Å². The molecule has 0 aromatic heterocycles. The summed E-state index contributed by atoms with van der Waals surface area (Å²) in [6.07, 6.45) is -0.282. The number of halogens is 2. The topological polar surface area (TPSA) is 75.6 Å². The number of rotatable bonds is 8. The normalized spacial score (nSPS) is 10.3. The summed E-state index contributed by atoms with van der Waals surface area (Å²) in [5.41, 5.74) is 1.05. The van der Waals surface area contributed by atoms with E-state index in [9.17, 15) is 14.0 Å². The summed E-state index contributed by atoms with van der Waals surface area (Å²) in [5, 5.41) is 11.5. The van der Waals surface area contributed by atoms with Crippen LogP contribution in [0.25, 0.3) is 0 Å². The van der Waals surface area contributed by atoms with Gasteiger partial charge in [-0.2, -0.15) is 0 Å². The zero-order chi connectivity index (χ0) is 18.2. The number of benzene rings is 2. The van der Waals surface area contributed by atoms with Crippen LogP contribution in [0.5, 0.6) is 5.75 Å². The fourth-order valence-corrected chi connectivity index (χ4v) is 2.30. The third kappa shape index (κ3) is 6.08. The van der Waals surface area contributed by atoms with Crippen molar-refractivity contribution in [1.29, 1.82) is 0 Å². The maximum Gasteiger partial charge on any atom is 0.303 e. The SMILES string of the molecule is O=C(O)CCC(=O)NCc1cccc(OCc2c(F)cccc2Cl)c1. The molecule has 0 saturated carbocycles. The van der Waals surface area contributed by atoms with Gasteiger partial charge in [-0.15, -0.1) is 0 Å². The Labute approximate surface area is 149 Å². The summed E-state index contributed by atoms with van der Waals surface area (Å²) >= 11 is 5.95. The summed E-state index contributed by atoms with van der Waals surface area (Å²) in [7, 11) is 0. The molecule has 0 aliphatic heterocycles. The molecule has 5 nitrogen and oxygen atoms in total. The molecule has 2 aromatic rings. The Kier molecular flexibility index (Phi) is 6.77. The number of carboxylic acid groups (broad SMARTS) is 1. The van der Waals surface area contributed by atoms with E-state index in [1.165, 1.54) is 12.1 Å². The highest BCUT2D eigenvalue weighted by molar-refractivity contribution is 6.31. The smallest absolute Gasteiger partial charge is 0.303 e. The van der Waals surface area contributed by atoms with E-state index >= 15 is 0 Å². The highest BCUT2D eigenvalue weighted by Gasteiger charge is 2.08. The molecule has 2 rings (SSSR count). The lowest BCUT2D eigenvalue weighted by molar-refractivity contribution is -0.138. The highest BCUT2D eigenvalue weighted by atomic mass is 35.5. The van der Waals surface area contributed by atoms with Gasteiger partial charge in [0.15, 0.2) is 0 Å². The number of ether oxygens (including phenoxy) is 1. The molecule has 0 aliphatic carbocycles. The van der Waals surface area contributed by atoms with E-state index in [4.69, 9.17) is 21.4 Å². The van der Waals surface area contributed by atoms with Gasteiger partial charge in [0.1, 0.15) is 18.2 Å². The lowest BCUT2D eigenvalue weighted by Crippen LogP contribution is -2.23. The maximum atomic E-state index is 13.7. The van der Waals surface area contributed by atoms with E-state index in [1.807, 2.05) is 0 Å². The molecule has 0 spiro atoms. The van der Waals surface area contributed by atoms with Crippen molar-refractivity contribution >= 4 is 23.5 Å². The van der Waals surface area contributed by atoms with Crippen LogP contribution < -0.4 is 10.1 Å². The van der Waals surface area contributed by atoms with Gasteiger partial charge in [-0.05, 0) is 29.8 Å². The zero-order valence-electron chi connectivity index (χ0n) is 13.3. The molecular weight excluding hydrogens is 349 g/mol. The van der Waals surface area contributed by atoms with Crippen LogP contribution in [-0.2, 0) is 22.7 Å². The molecule has 132 valence electrons. The molecule has 0 saturated heterocycles. The minimum absolute atomic E-state index is 0.0140. The van der Waals surface area contributed by atoms with Gasteiger partial charge in [0.05, 0.1) is 11.4 Å². The molecule has 25 heavy (non-hydrogen) atoms. The van der Waals surface area contributed by atoms with Gasteiger partial charge in [0, 0.05) is 18.5 Å². The third-order valence-electron chi connectivity index (χ3n) is 3.40.